The molecule has 0 amide bonds. The summed E-state index contributed by atoms with van der Waals surface area (Å²) in [5.41, 5.74) is 3.76. The molecule has 0 spiro atoms. The summed E-state index contributed by atoms with van der Waals surface area (Å²) in [7, 11) is 4.15. The van der Waals surface area contributed by atoms with E-state index in [0.29, 0.717) is 0 Å². The third kappa shape index (κ3) is 1.58. The van der Waals surface area contributed by atoms with E-state index in [1.54, 1.807) is 0 Å². The Kier molecular flexibility index (Phi) is 2.69. The van der Waals surface area contributed by atoms with Crippen molar-refractivity contribution in [3.8, 4) is 0 Å². The van der Waals surface area contributed by atoms with Crippen LogP contribution in [0.1, 0.15) is 11.1 Å². The average molecular weight is 211 g/mol. The van der Waals surface area contributed by atoms with Crippen LogP contribution in [0.3, 0.4) is 0 Å². The highest BCUT2D eigenvalue weighted by molar-refractivity contribution is 5.98. The molecule has 0 aliphatic heterocycles. The van der Waals surface area contributed by atoms with Crippen LogP contribution in [0.2, 0.25) is 0 Å². The third-order valence-corrected chi connectivity index (χ3v) is 3.03. The van der Waals surface area contributed by atoms with E-state index in [1.165, 1.54) is 27.6 Å². The molecule has 0 heterocycles. The van der Waals surface area contributed by atoms with Crippen molar-refractivity contribution < 1.29 is 0 Å². The Morgan fingerprint density at radius 3 is 2.31 bits per heavy atom. The molecule has 0 aliphatic rings. The second kappa shape index (κ2) is 4.01. The van der Waals surface area contributed by atoms with Crippen molar-refractivity contribution in [2.75, 3.05) is 19.0 Å². The van der Waals surface area contributed by atoms with Crippen molar-refractivity contribution in [2.45, 2.75) is 6.92 Å². The summed E-state index contributed by atoms with van der Waals surface area (Å²) in [6, 6.07) is 10.7. The first-order chi connectivity index (χ1) is 7.65. The van der Waals surface area contributed by atoms with Gasteiger partial charge in [-0.15, -0.1) is 0 Å². The summed E-state index contributed by atoms with van der Waals surface area (Å²) >= 11 is 0. The minimum Gasteiger partial charge on any atom is -0.377 e. The van der Waals surface area contributed by atoms with Crippen molar-refractivity contribution in [2.24, 2.45) is 0 Å². The molecule has 2 aromatic rings. The zero-order valence-corrected chi connectivity index (χ0v) is 10.1. The molecule has 0 atom stereocenters. The normalized spacial score (nSPS) is 10.4. The van der Waals surface area contributed by atoms with Gasteiger partial charge in [0.15, 0.2) is 0 Å². The quantitative estimate of drug-likeness (QED) is 0.729. The van der Waals surface area contributed by atoms with Gasteiger partial charge in [-0.2, -0.15) is 0 Å². The maximum atomic E-state index is 3.88. The van der Waals surface area contributed by atoms with Crippen LogP contribution in [-0.2, 0) is 0 Å². The lowest BCUT2D eigenvalue weighted by Crippen LogP contribution is -2.09. The minimum absolute atomic E-state index is 1.21. The molecule has 16 heavy (non-hydrogen) atoms. The van der Waals surface area contributed by atoms with Crippen LogP contribution in [0.4, 0.5) is 5.69 Å². The van der Waals surface area contributed by atoms with Gasteiger partial charge in [-0.05, 0) is 29.5 Å². The van der Waals surface area contributed by atoms with E-state index in [4.69, 9.17) is 0 Å². The van der Waals surface area contributed by atoms with Crippen LogP contribution in [0, 0.1) is 6.92 Å². The molecule has 0 saturated carbocycles. The lowest BCUT2D eigenvalue weighted by atomic mass is 9.98. The summed E-state index contributed by atoms with van der Waals surface area (Å²) in [6.45, 7) is 6.03. The smallest absolute Gasteiger partial charge is 0.0446 e. The molecular formula is C15H17N. The van der Waals surface area contributed by atoms with E-state index >= 15 is 0 Å². The molecule has 82 valence electrons. The molecule has 0 saturated heterocycles. The number of rotatable bonds is 2. The van der Waals surface area contributed by atoms with E-state index < -0.39 is 0 Å². The molecule has 2 aromatic carbocycles. The Hall–Kier alpha value is -1.76. The molecular weight excluding hydrogens is 194 g/mol. The van der Waals surface area contributed by atoms with E-state index in [1.807, 2.05) is 6.08 Å². The van der Waals surface area contributed by atoms with E-state index in [2.05, 4.69) is 62.8 Å². The first kappa shape index (κ1) is 10.7. The molecule has 0 aliphatic carbocycles. The van der Waals surface area contributed by atoms with Crippen molar-refractivity contribution in [1.29, 1.82) is 0 Å². The molecule has 2 rings (SSSR count). The van der Waals surface area contributed by atoms with Crippen LogP contribution >= 0.6 is 0 Å². The Labute approximate surface area is 97.0 Å². The molecule has 0 fully saturated rings. The predicted octanol–water partition coefficient (Wildman–Crippen LogP) is 3.86. The topological polar surface area (TPSA) is 3.24 Å². The molecule has 0 aromatic heterocycles. The summed E-state index contributed by atoms with van der Waals surface area (Å²) in [6.07, 6.45) is 1.93. The first-order valence-electron chi connectivity index (χ1n) is 5.47. The van der Waals surface area contributed by atoms with Gasteiger partial charge in [0.05, 0.1) is 0 Å². The molecule has 1 nitrogen and oxygen atoms in total. The minimum atomic E-state index is 1.21. The SMILES string of the molecule is C=Cc1cc(N(C)C)c2ccccc2c1C. The van der Waals surface area contributed by atoms with Crippen molar-refractivity contribution in [1.82, 2.24) is 0 Å². The molecule has 1 heteroatoms. The third-order valence-electron chi connectivity index (χ3n) is 3.03. The Morgan fingerprint density at radius 1 is 1.12 bits per heavy atom. The second-order valence-electron chi connectivity index (χ2n) is 4.25. The van der Waals surface area contributed by atoms with Gasteiger partial charge in [0.1, 0.15) is 0 Å². The molecule has 0 bridgehead atoms. The number of hydrogen-bond acceptors (Lipinski definition) is 1. The Bertz CT molecular complexity index is 538. The summed E-state index contributed by atoms with van der Waals surface area (Å²) in [5.74, 6) is 0. The highest BCUT2D eigenvalue weighted by atomic mass is 15.1. The molecule has 0 N–H and O–H groups in total. The van der Waals surface area contributed by atoms with Crippen LogP contribution in [-0.4, -0.2) is 14.1 Å². The highest BCUT2D eigenvalue weighted by Gasteiger charge is 2.07. The number of hydrogen-bond donors (Lipinski definition) is 0. The fourth-order valence-electron chi connectivity index (χ4n) is 2.10. The van der Waals surface area contributed by atoms with Crippen molar-refractivity contribution in [3.05, 3.63) is 48.0 Å². The van der Waals surface area contributed by atoms with Crippen LogP contribution in [0.25, 0.3) is 16.8 Å². The van der Waals surface area contributed by atoms with Crippen molar-refractivity contribution in [3.63, 3.8) is 0 Å². The number of fused-ring (bicyclic) bond motifs is 1. The highest BCUT2D eigenvalue weighted by Crippen LogP contribution is 2.31. The number of aryl methyl sites for hydroxylation is 1. The van der Waals surface area contributed by atoms with E-state index in [-0.39, 0.29) is 0 Å². The largest absolute Gasteiger partial charge is 0.377 e. The summed E-state index contributed by atoms with van der Waals surface area (Å²) in [4.78, 5) is 2.15. The van der Waals surface area contributed by atoms with Crippen LogP contribution in [0.5, 0.6) is 0 Å². The molecule has 0 radical (unpaired) electrons. The van der Waals surface area contributed by atoms with Gasteiger partial charge in [0.25, 0.3) is 0 Å². The maximum Gasteiger partial charge on any atom is 0.0446 e. The Morgan fingerprint density at radius 2 is 1.75 bits per heavy atom. The monoisotopic (exact) mass is 211 g/mol. The zero-order valence-electron chi connectivity index (χ0n) is 10.1. The van der Waals surface area contributed by atoms with Gasteiger partial charge < -0.3 is 4.90 Å². The first-order valence-corrected chi connectivity index (χ1v) is 5.47. The standard InChI is InChI=1S/C15H17N/c1-5-12-10-15(16(3)4)14-9-7-6-8-13(14)11(12)2/h5-10H,1H2,2-4H3. The fraction of sp³-hybridized carbons (Fsp3) is 0.200. The molecule has 0 unspecified atom stereocenters. The second-order valence-corrected chi connectivity index (χ2v) is 4.25. The average Bonchev–Trinajstić information content (AvgIpc) is 2.29. The van der Waals surface area contributed by atoms with Gasteiger partial charge in [-0.25, -0.2) is 0 Å². The van der Waals surface area contributed by atoms with Gasteiger partial charge in [-0.3, -0.25) is 0 Å². The fourth-order valence-corrected chi connectivity index (χ4v) is 2.10. The maximum absolute atomic E-state index is 3.88. The van der Waals surface area contributed by atoms with Gasteiger partial charge in [0, 0.05) is 25.2 Å². The lowest BCUT2D eigenvalue weighted by Gasteiger charge is -2.18. The van der Waals surface area contributed by atoms with Gasteiger partial charge in [-0.1, -0.05) is 36.9 Å². The van der Waals surface area contributed by atoms with Gasteiger partial charge in [0.2, 0.25) is 0 Å². The number of nitrogens with zero attached hydrogens (tertiary/aromatic N) is 1. The van der Waals surface area contributed by atoms with E-state index in [9.17, 15) is 0 Å². The van der Waals surface area contributed by atoms with Gasteiger partial charge >= 0.3 is 0 Å². The predicted molar refractivity (Wildman–Crippen MR) is 73.1 cm³/mol. The zero-order chi connectivity index (χ0) is 11.7. The van der Waals surface area contributed by atoms with Crippen LogP contribution < -0.4 is 4.90 Å². The lowest BCUT2D eigenvalue weighted by molar-refractivity contribution is 1.14. The Balaban J connectivity index is 2.90. The number of anilines is 1. The van der Waals surface area contributed by atoms with Crippen LogP contribution in [0.15, 0.2) is 36.9 Å². The van der Waals surface area contributed by atoms with E-state index in [0.717, 1.165) is 0 Å². The number of benzene rings is 2. The summed E-state index contributed by atoms with van der Waals surface area (Å²) < 4.78 is 0. The van der Waals surface area contributed by atoms with Crippen molar-refractivity contribution >= 4 is 22.5 Å². The summed E-state index contributed by atoms with van der Waals surface area (Å²) in [5, 5.41) is 2.61.